The number of methoxy groups -OCH3 is 1. The highest BCUT2D eigenvalue weighted by molar-refractivity contribution is 6.07. The van der Waals surface area contributed by atoms with Crippen LogP contribution in [-0.2, 0) is 0 Å². The van der Waals surface area contributed by atoms with Crippen LogP contribution < -0.4 is 15.4 Å². The van der Waals surface area contributed by atoms with Gasteiger partial charge in [0.2, 0.25) is 0 Å². The van der Waals surface area contributed by atoms with Gasteiger partial charge in [-0.1, -0.05) is 24.3 Å². The highest BCUT2D eigenvalue weighted by atomic mass is 19.1. The van der Waals surface area contributed by atoms with Crippen molar-refractivity contribution in [3.8, 4) is 5.75 Å². The number of nitrogen functional groups attached to an aromatic ring is 1. The topological polar surface area (TPSA) is 99.7 Å². The number of carbonyl (C=O) groups excluding carboxylic acids is 2. The van der Waals surface area contributed by atoms with E-state index in [1.54, 1.807) is 48.4 Å². The molecule has 1 saturated heterocycles. The molecule has 3 aromatic rings. The van der Waals surface area contributed by atoms with E-state index in [-0.39, 0.29) is 29.3 Å². The monoisotopic (exact) mass is 502 g/mol. The van der Waals surface area contributed by atoms with Gasteiger partial charge in [-0.25, -0.2) is 4.39 Å². The van der Waals surface area contributed by atoms with Crippen LogP contribution in [0.2, 0.25) is 0 Å². The predicted molar refractivity (Wildman–Crippen MR) is 142 cm³/mol. The van der Waals surface area contributed by atoms with Gasteiger partial charge in [-0.3, -0.25) is 15.0 Å². The smallest absolute Gasteiger partial charge is 0.258 e. The molecule has 0 unspecified atom stereocenters. The number of amidine groups is 1. The molecule has 0 radical (unpaired) electrons. The van der Waals surface area contributed by atoms with E-state index in [1.165, 1.54) is 12.1 Å². The van der Waals surface area contributed by atoms with Gasteiger partial charge in [-0.15, -0.1) is 0 Å². The third kappa shape index (κ3) is 6.21. The molecule has 8 heteroatoms. The van der Waals surface area contributed by atoms with E-state index >= 15 is 0 Å². The van der Waals surface area contributed by atoms with Crippen LogP contribution in [0.1, 0.15) is 39.1 Å². The number of benzene rings is 3. The molecule has 0 aromatic heterocycles. The summed E-state index contributed by atoms with van der Waals surface area (Å²) in [6.45, 7) is 2.54. The summed E-state index contributed by atoms with van der Waals surface area (Å²) in [5.41, 5.74) is 7.81. The molecule has 3 aromatic carbocycles. The molecule has 0 atom stereocenters. The van der Waals surface area contributed by atoms with Gasteiger partial charge in [0, 0.05) is 35.7 Å². The van der Waals surface area contributed by atoms with Gasteiger partial charge >= 0.3 is 0 Å². The zero-order chi connectivity index (χ0) is 26.4. The largest absolute Gasteiger partial charge is 0.495 e. The molecule has 3 N–H and O–H groups in total. The van der Waals surface area contributed by atoms with Gasteiger partial charge in [0.15, 0.2) is 5.78 Å². The number of nitrogens with two attached hydrogens (primary N) is 1. The fourth-order valence-corrected chi connectivity index (χ4v) is 4.64. The SMILES string of the molecule is COc1ccccc1N(CCN1CCC(C(=O)c2ccc(F)cc2)CC1)C(=O)c1ccc(C(=N)N)cc1. The molecule has 1 aliphatic rings. The van der Waals surface area contributed by atoms with Gasteiger partial charge in [-0.05, 0) is 74.5 Å². The van der Waals surface area contributed by atoms with Crippen LogP contribution >= 0.6 is 0 Å². The van der Waals surface area contributed by atoms with E-state index in [4.69, 9.17) is 15.9 Å². The normalized spacial score (nSPS) is 14.2. The van der Waals surface area contributed by atoms with Crippen molar-refractivity contribution in [2.24, 2.45) is 11.7 Å². The molecular weight excluding hydrogens is 471 g/mol. The van der Waals surface area contributed by atoms with E-state index in [9.17, 15) is 14.0 Å². The number of hydrogen-bond acceptors (Lipinski definition) is 5. The Kier molecular flexibility index (Phi) is 8.30. The zero-order valence-corrected chi connectivity index (χ0v) is 20.8. The van der Waals surface area contributed by atoms with Crippen molar-refractivity contribution >= 4 is 23.2 Å². The van der Waals surface area contributed by atoms with Crippen molar-refractivity contribution < 1.29 is 18.7 Å². The van der Waals surface area contributed by atoms with E-state index in [0.717, 1.165) is 13.1 Å². The van der Waals surface area contributed by atoms with Gasteiger partial charge in [0.25, 0.3) is 5.91 Å². The third-order valence-electron chi connectivity index (χ3n) is 6.79. The Bertz CT molecular complexity index is 1250. The Labute approximate surface area is 216 Å². The van der Waals surface area contributed by atoms with Gasteiger partial charge in [0.1, 0.15) is 17.4 Å². The number of para-hydroxylation sites is 2. The van der Waals surface area contributed by atoms with Crippen molar-refractivity contribution in [1.29, 1.82) is 5.41 Å². The predicted octanol–water partition coefficient (Wildman–Crippen LogP) is 4.36. The number of Topliss-reactive ketones (excluding diaryl/α,β-unsaturated/α-hetero) is 1. The maximum atomic E-state index is 13.6. The maximum absolute atomic E-state index is 13.6. The Balaban J connectivity index is 1.44. The number of nitrogens with one attached hydrogen (secondary N) is 1. The van der Waals surface area contributed by atoms with Crippen molar-refractivity contribution in [1.82, 2.24) is 4.90 Å². The van der Waals surface area contributed by atoms with Crippen molar-refractivity contribution in [2.45, 2.75) is 12.8 Å². The van der Waals surface area contributed by atoms with Gasteiger partial charge < -0.3 is 20.3 Å². The number of hydrogen-bond donors (Lipinski definition) is 2. The van der Waals surface area contributed by atoms with Crippen LogP contribution in [0.15, 0.2) is 72.8 Å². The molecule has 1 fully saturated rings. The molecule has 0 aliphatic carbocycles. The summed E-state index contributed by atoms with van der Waals surface area (Å²) in [7, 11) is 1.58. The summed E-state index contributed by atoms with van der Waals surface area (Å²) >= 11 is 0. The molecule has 1 amide bonds. The molecular formula is C29H31FN4O3. The first-order valence-corrected chi connectivity index (χ1v) is 12.3. The van der Waals surface area contributed by atoms with E-state index in [2.05, 4.69) is 4.90 Å². The van der Waals surface area contributed by atoms with Crippen LogP contribution in [0.25, 0.3) is 0 Å². The highest BCUT2D eigenvalue weighted by Crippen LogP contribution is 2.29. The van der Waals surface area contributed by atoms with E-state index in [0.29, 0.717) is 54.1 Å². The second-order valence-corrected chi connectivity index (χ2v) is 9.11. The molecule has 192 valence electrons. The maximum Gasteiger partial charge on any atom is 0.258 e. The molecule has 0 bridgehead atoms. The number of ketones is 1. The summed E-state index contributed by atoms with van der Waals surface area (Å²) in [5.74, 6) is -0.0223. The number of nitrogens with zero attached hydrogens (tertiary/aromatic N) is 2. The minimum Gasteiger partial charge on any atom is -0.495 e. The second kappa shape index (κ2) is 11.8. The molecule has 0 spiro atoms. The quantitative estimate of drug-likeness (QED) is 0.257. The fraction of sp³-hybridized carbons (Fsp3) is 0.276. The lowest BCUT2D eigenvalue weighted by atomic mass is 9.89. The summed E-state index contributed by atoms with van der Waals surface area (Å²) in [4.78, 5) is 30.4. The average molecular weight is 503 g/mol. The van der Waals surface area contributed by atoms with Crippen LogP contribution in [0, 0.1) is 17.1 Å². The Morgan fingerprint density at radius 3 is 2.19 bits per heavy atom. The van der Waals surface area contributed by atoms with Gasteiger partial charge in [-0.2, -0.15) is 0 Å². The van der Waals surface area contributed by atoms with E-state index < -0.39 is 0 Å². The zero-order valence-electron chi connectivity index (χ0n) is 20.8. The second-order valence-electron chi connectivity index (χ2n) is 9.11. The van der Waals surface area contributed by atoms with Crippen molar-refractivity contribution in [3.05, 3.63) is 95.3 Å². The number of likely N-dealkylation sites (tertiary alicyclic amines) is 1. The van der Waals surface area contributed by atoms with E-state index in [1.807, 2.05) is 24.3 Å². The van der Waals surface area contributed by atoms with Crippen LogP contribution in [-0.4, -0.2) is 55.7 Å². The number of anilines is 1. The lowest BCUT2D eigenvalue weighted by Crippen LogP contribution is -2.43. The number of piperidine rings is 1. The summed E-state index contributed by atoms with van der Waals surface area (Å²) < 4.78 is 18.7. The Morgan fingerprint density at radius 2 is 1.57 bits per heavy atom. The Hall–Kier alpha value is -4.04. The molecule has 1 aliphatic heterocycles. The molecule has 0 saturated carbocycles. The van der Waals surface area contributed by atoms with Crippen LogP contribution in [0.4, 0.5) is 10.1 Å². The molecule has 4 rings (SSSR count). The van der Waals surface area contributed by atoms with Crippen LogP contribution in [0.5, 0.6) is 5.75 Å². The molecule has 1 heterocycles. The number of rotatable bonds is 9. The number of amides is 1. The first kappa shape index (κ1) is 26.0. The first-order chi connectivity index (χ1) is 17.9. The number of ether oxygens (including phenoxy) is 1. The van der Waals surface area contributed by atoms with Crippen molar-refractivity contribution in [3.63, 3.8) is 0 Å². The Morgan fingerprint density at radius 1 is 0.973 bits per heavy atom. The standard InChI is InChI=1S/C29H31FN4O3/c1-37-26-5-3-2-4-25(26)34(29(36)23-8-6-22(7-9-23)28(31)32)19-18-33-16-14-21(15-17-33)27(35)20-10-12-24(30)13-11-20/h2-13,21H,14-19H2,1H3,(H3,31,32). The third-order valence-corrected chi connectivity index (χ3v) is 6.79. The molecule has 37 heavy (non-hydrogen) atoms. The lowest BCUT2D eigenvalue weighted by Gasteiger charge is -2.33. The summed E-state index contributed by atoms with van der Waals surface area (Å²) in [6.07, 6.45) is 1.43. The van der Waals surface area contributed by atoms with Crippen LogP contribution in [0.3, 0.4) is 0 Å². The minimum absolute atomic E-state index is 0.0538. The number of carbonyl (C=O) groups is 2. The summed E-state index contributed by atoms with van der Waals surface area (Å²) in [5, 5.41) is 7.59. The lowest BCUT2D eigenvalue weighted by molar-refractivity contribution is 0.0841. The number of halogens is 1. The first-order valence-electron chi connectivity index (χ1n) is 12.3. The highest BCUT2D eigenvalue weighted by Gasteiger charge is 2.27. The fourth-order valence-electron chi connectivity index (χ4n) is 4.64. The minimum atomic E-state index is -0.352. The van der Waals surface area contributed by atoms with Gasteiger partial charge in [0.05, 0.1) is 12.8 Å². The molecule has 7 nitrogen and oxygen atoms in total. The van der Waals surface area contributed by atoms with Crippen molar-refractivity contribution in [2.75, 3.05) is 38.2 Å². The average Bonchev–Trinajstić information content (AvgIpc) is 2.93. The summed E-state index contributed by atoms with van der Waals surface area (Å²) in [6, 6.07) is 19.8.